The van der Waals surface area contributed by atoms with Gasteiger partial charge in [-0.1, -0.05) is 29.3 Å². The van der Waals surface area contributed by atoms with Crippen molar-refractivity contribution in [2.75, 3.05) is 26.2 Å². The number of nitrogens with one attached hydrogen (secondary N) is 1. The second-order valence-corrected chi connectivity index (χ2v) is 5.68. The van der Waals surface area contributed by atoms with E-state index in [4.69, 9.17) is 23.2 Å². The predicted molar refractivity (Wildman–Crippen MR) is 83.1 cm³/mol. The van der Waals surface area contributed by atoms with Gasteiger partial charge in [0.15, 0.2) is 0 Å². The van der Waals surface area contributed by atoms with Crippen molar-refractivity contribution in [1.82, 2.24) is 10.2 Å². The molecule has 1 heterocycles. The van der Waals surface area contributed by atoms with Crippen LogP contribution in [-0.2, 0) is 0 Å². The zero-order chi connectivity index (χ0) is 13.7. The molecule has 1 aromatic carbocycles. The molecule has 1 saturated heterocycles. The number of nitrogens with zero attached hydrogens (tertiary/aromatic N) is 1. The minimum Gasteiger partial charge on any atom is -0.314 e. The van der Waals surface area contributed by atoms with Crippen LogP contribution >= 0.6 is 23.2 Å². The number of benzene rings is 1. The van der Waals surface area contributed by atoms with E-state index < -0.39 is 0 Å². The Labute approximate surface area is 125 Å². The molecule has 1 N–H and O–H groups in total. The van der Waals surface area contributed by atoms with Crippen molar-refractivity contribution in [1.29, 1.82) is 0 Å². The summed E-state index contributed by atoms with van der Waals surface area (Å²) in [5.41, 5.74) is 1.14. The first-order valence-corrected chi connectivity index (χ1v) is 7.48. The Balaban J connectivity index is 2.24. The summed E-state index contributed by atoms with van der Waals surface area (Å²) < 4.78 is 0. The van der Waals surface area contributed by atoms with Gasteiger partial charge in [0.25, 0.3) is 0 Å². The van der Waals surface area contributed by atoms with Crippen LogP contribution < -0.4 is 5.32 Å². The first-order valence-electron chi connectivity index (χ1n) is 6.73. The van der Waals surface area contributed by atoms with Crippen molar-refractivity contribution in [3.05, 3.63) is 46.5 Å². The van der Waals surface area contributed by atoms with Crippen LogP contribution in [0, 0.1) is 0 Å². The average molecular weight is 299 g/mol. The molecular weight excluding hydrogens is 279 g/mol. The summed E-state index contributed by atoms with van der Waals surface area (Å²) in [6.45, 7) is 7.98. The molecule has 2 rings (SSSR count). The van der Waals surface area contributed by atoms with E-state index in [1.807, 2.05) is 24.3 Å². The number of halogens is 2. The molecule has 2 nitrogen and oxygen atoms in total. The van der Waals surface area contributed by atoms with Gasteiger partial charge in [-0.2, -0.15) is 0 Å². The SMILES string of the molecule is C=CCC[C@@H](c1cc(Cl)ccc1Cl)N1CCNCC1. The van der Waals surface area contributed by atoms with Crippen molar-refractivity contribution in [2.24, 2.45) is 0 Å². The van der Waals surface area contributed by atoms with Crippen LogP contribution in [0.5, 0.6) is 0 Å². The van der Waals surface area contributed by atoms with Crippen molar-refractivity contribution >= 4 is 23.2 Å². The summed E-state index contributed by atoms with van der Waals surface area (Å²) in [7, 11) is 0. The van der Waals surface area contributed by atoms with Gasteiger partial charge in [0, 0.05) is 42.3 Å². The second-order valence-electron chi connectivity index (χ2n) is 4.83. The number of hydrogen-bond donors (Lipinski definition) is 1. The van der Waals surface area contributed by atoms with E-state index in [9.17, 15) is 0 Å². The van der Waals surface area contributed by atoms with Crippen molar-refractivity contribution in [2.45, 2.75) is 18.9 Å². The molecule has 1 aromatic rings. The molecule has 0 amide bonds. The van der Waals surface area contributed by atoms with Crippen LogP contribution in [0.1, 0.15) is 24.4 Å². The Morgan fingerprint density at radius 1 is 1.32 bits per heavy atom. The van der Waals surface area contributed by atoms with Gasteiger partial charge in [-0.3, -0.25) is 4.90 Å². The minimum atomic E-state index is 0.325. The number of hydrogen-bond acceptors (Lipinski definition) is 2. The standard InChI is InChI=1S/C15H20Cl2N2/c1-2-3-4-15(19-9-7-18-8-10-19)13-11-12(16)5-6-14(13)17/h2,5-6,11,15,18H,1,3-4,7-10H2/t15-/m0/s1. The van der Waals surface area contributed by atoms with Crippen LogP contribution in [-0.4, -0.2) is 31.1 Å². The number of piperazine rings is 1. The highest BCUT2D eigenvalue weighted by Crippen LogP contribution is 2.33. The molecule has 0 radical (unpaired) electrons. The maximum absolute atomic E-state index is 6.36. The molecular formula is C15H20Cl2N2. The lowest BCUT2D eigenvalue weighted by molar-refractivity contribution is 0.166. The lowest BCUT2D eigenvalue weighted by atomic mass is 9.99. The summed E-state index contributed by atoms with van der Waals surface area (Å²) in [4.78, 5) is 2.48. The largest absolute Gasteiger partial charge is 0.314 e. The lowest BCUT2D eigenvalue weighted by Gasteiger charge is -2.35. The normalized spacial score (nSPS) is 18.2. The third-order valence-corrected chi connectivity index (χ3v) is 4.13. The van der Waals surface area contributed by atoms with E-state index in [2.05, 4.69) is 16.8 Å². The third kappa shape index (κ3) is 3.96. The molecule has 19 heavy (non-hydrogen) atoms. The summed E-state index contributed by atoms with van der Waals surface area (Å²) in [5, 5.41) is 4.93. The van der Waals surface area contributed by atoms with Crippen molar-refractivity contribution in [3.63, 3.8) is 0 Å². The number of rotatable bonds is 5. The maximum Gasteiger partial charge on any atom is 0.0454 e. The number of allylic oxidation sites excluding steroid dienone is 1. The fraction of sp³-hybridized carbons (Fsp3) is 0.467. The van der Waals surface area contributed by atoms with Gasteiger partial charge < -0.3 is 5.32 Å². The van der Waals surface area contributed by atoms with Gasteiger partial charge in [-0.25, -0.2) is 0 Å². The van der Waals surface area contributed by atoms with Crippen molar-refractivity contribution in [3.8, 4) is 0 Å². The highest BCUT2D eigenvalue weighted by molar-refractivity contribution is 6.33. The predicted octanol–water partition coefficient (Wildman–Crippen LogP) is 3.91. The molecule has 1 fully saturated rings. The highest BCUT2D eigenvalue weighted by Gasteiger charge is 2.23. The Hall–Kier alpha value is -0.540. The molecule has 0 bridgehead atoms. The monoisotopic (exact) mass is 298 g/mol. The quantitative estimate of drug-likeness (QED) is 0.829. The first kappa shape index (κ1) is 14.9. The van der Waals surface area contributed by atoms with Gasteiger partial charge in [-0.15, -0.1) is 6.58 Å². The fourth-order valence-corrected chi connectivity index (χ4v) is 3.00. The molecule has 0 saturated carbocycles. The first-order chi connectivity index (χ1) is 9.22. The maximum atomic E-state index is 6.36. The smallest absolute Gasteiger partial charge is 0.0454 e. The molecule has 0 unspecified atom stereocenters. The Bertz CT molecular complexity index is 428. The minimum absolute atomic E-state index is 0.325. The van der Waals surface area contributed by atoms with Gasteiger partial charge in [0.1, 0.15) is 0 Å². The topological polar surface area (TPSA) is 15.3 Å². The Morgan fingerprint density at radius 3 is 2.74 bits per heavy atom. The van der Waals surface area contributed by atoms with Crippen LogP contribution in [0.25, 0.3) is 0 Å². The molecule has 1 aliphatic rings. The average Bonchev–Trinajstić information content (AvgIpc) is 2.44. The molecule has 4 heteroatoms. The molecule has 0 aromatic heterocycles. The highest BCUT2D eigenvalue weighted by atomic mass is 35.5. The van der Waals surface area contributed by atoms with Crippen molar-refractivity contribution < 1.29 is 0 Å². The van der Waals surface area contributed by atoms with Gasteiger partial charge in [0.2, 0.25) is 0 Å². The summed E-state index contributed by atoms with van der Waals surface area (Å²) >= 11 is 12.5. The molecule has 1 atom stereocenters. The summed E-state index contributed by atoms with van der Waals surface area (Å²) in [6.07, 6.45) is 3.98. The Kier molecular flexibility index (Phi) is 5.71. The van der Waals surface area contributed by atoms with E-state index in [0.29, 0.717) is 6.04 Å². The van der Waals surface area contributed by atoms with Crippen LogP contribution in [0.3, 0.4) is 0 Å². The summed E-state index contributed by atoms with van der Waals surface area (Å²) in [5.74, 6) is 0. The molecule has 1 aliphatic heterocycles. The van der Waals surface area contributed by atoms with E-state index in [-0.39, 0.29) is 0 Å². The molecule has 104 valence electrons. The third-order valence-electron chi connectivity index (χ3n) is 3.55. The van der Waals surface area contributed by atoms with E-state index in [0.717, 1.165) is 54.6 Å². The zero-order valence-electron chi connectivity index (χ0n) is 11.0. The summed E-state index contributed by atoms with van der Waals surface area (Å²) in [6, 6.07) is 6.06. The van der Waals surface area contributed by atoms with Gasteiger partial charge in [-0.05, 0) is 36.6 Å². The van der Waals surface area contributed by atoms with Crippen LogP contribution in [0.2, 0.25) is 10.0 Å². The van der Waals surface area contributed by atoms with E-state index in [1.165, 1.54) is 0 Å². The molecule has 0 spiro atoms. The Morgan fingerprint density at radius 2 is 2.05 bits per heavy atom. The van der Waals surface area contributed by atoms with Gasteiger partial charge >= 0.3 is 0 Å². The second kappa shape index (κ2) is 7.30. The van der Waals surface area contributed by atoms with E-state index in [1.54, 1.807) is 0 Å². The fourth-order valence-electron chi connectivity index (χ4n) is 2.57. The van der Waals surface area contributed by atoms with Crippen LogP contribution in [0.4, 0.5) is 0 Å². The van der Waals surface area contributed by atoms with E-state index >= 15 is 0 Å². The van der Waals surface area contributed by atoms with Crippen LogP contribution in [0.15, 0.2) is 30.9 Å². The van der Waals surface area contributed by atoms with Gasteiger partial charge in [0.05, 0.1) is 0 Å². The molecule has 0 aliphatic carbocycles. The lowest BCUT2D eigenvalue weighted by Crippen LogP contribution is -2.45. The zero-order valence-corrected chi connectivity index (χ0v) is 12.6.